The van der Waals surface area contributed by atoms with Crippen LogP contribution in [0.15, 0.2) is 24.3 Å². The quantitative estimate of drug-likeness (QED) is 0.283. The molecule has 0 radical (unpaired) electrons. The van der Waals surface area contributed by atoms with Gasteiger partial charge >= 0.3 is 5.97 Å². The third kappa shape index (κ3) is 4.82. The Bertz CT molecular complexity index is 595. The fourth-order valence-corrected chi connectivity index (χ4v) is 1.41. The Balaban J connectivity index is 2.98. The number of non-ortho nitro benzene ring substituents is 1. The molecular formula is C14H13NO5. The van der Waals surface area contributed by atoms with E-state index >= 15 is 0 Å². The number of rotatable bonds is 6. The Kier molecular flexibility index (Phi) is 5.78. The van der Waals surface area contributed by atoms with Gasteiger partial charge in [0.25, 0.3) is 5.69 Å². The summed E-state index contributed by atoms with van der Waals surface area (Å²) in [6, 6.07) is 4.01. The van der Waals surface area contributed by atoms with Crippen LogP contribution in [-0.4, -0.2) is 22.6 Å². The highest BCUT2D eigenvalue weighted by Crippen LogP contribution is 2.25. The van der Waals surface area contributed by atoms with Gasteiger partial charge in [0.1, 0.15) is 5.75 Å². The second-order valence-electron chi connectivity index (χ2n) is 3.68. The summed E-state index contributed by atoms with van der Waals surface area (Å²) in [5.41, 5.74) is 0.210. The van der Waals surface area contributed by atoms with Crippen LogP contribution in [0.3, 0.4) is 0 Å². The molecule has 6 nitrogen and oxygen atoms in total. The van der Waals surface area contributed by atoms with E-state index < -0.39 is 10.9 Å². The van der Waals surface area contributed by atoms with Crippen LogP contribution >= 0.6 is 0 Å². The topological polar surface area (TPSA) is 89.7 Å². The third-order valence-corrected chi connectivity index (χ3v) is 2.27. The standard InChI is InChI=1S/C14H13NO5/c1-2-3-4-9-20-13-7-6-12(15(18)19)10-11(13)5-8-14(16)17/h5-8,10H,4,9H2,1H3,(H,16,17)/b8-5+. The molecule has 0 saturated heterocycles. The first-order valence-electron chi connectivity index (χ1n) is 5.76. The zero-order valence-electron chi connectivity index (χ0n) is 10.8. The van der Waals surface area contributed by atoms with Crippen LogP contribution in [0.1, 0.15) is 18.9 Å². The van der Waals surface area contributed by atoms with Crippen LogP contribution in [0.5, 0.6) is 5.75 Å². The molecule has 0 amide bonds. The Hall–Kier alpha value is -2.81. The molecule has 104 valence electrons. The average Bonchev–Trinajstić information content (AvgIpc) is 2.41. The summed E-state index contributed by atoms with van der Waals surface area (Å²) in [7, 11) is 0. The number of nitro benzene ring substituents is 1. The van der Waals surface area contributed by atoms with Crippen LogP contribution < -0.4 is 4.74 Å². The van der Waals surface area contributed by atoms with E-state index in [1.165, 1.54) is 24.3 Å². The molecule has 0 unspecified atom stereocenters. The second-order valence-corrected chi connectivity index (χ2v) is 3.68. The molecule has 0 aromatic heterocycles. The minimum absolute atomic E-state index is 0.129. The normalized spacial score (nSPS) is 9.85. The Morgan fingerprint density at radius 1 is 1.55 bits per heavy atom. The average molecular weight is 275 g/mol. The third-order valence-electron chi connectivity index (χ3n) is 2.27. The lowest BCUT2D eigenvalue weighted by Gasteiger charge is -2.07. The summed E-state index contributed by atoms with van der Waals surface area (Å²) >= 11 is 0. The van der Waals surface area contributed by atoms with Crippen LogP contribution in [0.25, 0.3) is 6.08 Å². The van der Waals surface area contributed by atoms with Gasteiger partial charge in [-0.05, 0) is 19.1 Å². The number of hydrogen-bond acceptors (Lipinski definition) is 4. The van der Waals surface area contributed by atoms with E-state index in [2.05, 4.69) is 11.8 Å². The summed E-state index contributed by atoms with van der Waals surface area (Å²) in [4.78, 5) is 20.7. The van der Waals surface area contributed by atoms with Crippen molar-refractivity contribution in [1.29, 1.82) is 0 Å². The highest BCUT2D eigenvalue weighted by Gasteiger charge is 2.10. The molecule has 0 fully saturated rings. The van der Waals surface area contributed by atoms with Gasteiger partial charge in [0.05, 0.1) is 11.5 Å². The SMILES string of the molecule is CC#CCCOc1ccc([N+](=O)[O-])cc1/C=C/C(=O)O. The molecule has 1 N–H and O–H groups in total. The number of carbonyl (C=O) groups is 1. The second kappa shape index (κ2) is 7.59. The lowest BCUT2D eigenvalue weighted by Crippen LogP contribution is -1.99. The number of nitro groups is 1. The fourth-order valence-electron chi connectivity index (χ4n) is 1.41. The van der Waals surface area contributed by atoms with Crippen molar-refractivity contribution in [3.8, 4) is 17.6 Å². The van der Waals surface area contributed by atoms with Gasteiger partial charge in [0.15, 0.2) is 0 Å². The fraction of sp³-hybridized carbons (Fsp3) is 0.214. The Morgan fingerprint density at radius 3 is 2.90 bits per heavy atom. The lowest BCUT2D eigenvalue weighted by molar-refractivity contribution is -0.384. The molecule has 0 spiro atoms. The van der Waals surface area contributed by atoms with E-state index in [1.807, 2.05) is 0 Å². The molecule has 1 aromatic rings. The molecule has 1 rings (SSSR count). The molecule has 0 atom stereocenters. The van der Waals surface area contributed by atoms with E-state index in [1.54, 1.807) is 6.92 Å². The molecule has 0 aliphatic rings. The molecule has 0 aliphatic carbocycles. The van der Waals surface area contributed by atoms with Crippen molar-refractivity contribution in [3.63, 3.8) is 0 Å². The van der Waals surface area contributed by atoms with E-state index in [-0.39, 0.29) is 5.69 Å². The number of carboxylic acids is 1. The molecular weight excluding hydrogens is 262 g/mol. The van der Waals surface area contributed by atoms with Gasteiger partial charge in [-0.25, -0.2) is 4.79 Å². The van der Waals surface area contributed by atoms with Crippen molar-refractivity contribution < 1.29 is 19.6 Å². The molecule has 0 aliphatic heterocycles. The number of hydrogen-bond donors (Lipinski definition) is 1. The van der Waals surface area contributed by atoms with E-state index in [4.69, 9.17) is 9.84 Å². The maximum absolute atomic E-state index is 10.7. The van der Waals surface area contributed by atoms with Gasteiger partial charge in [0, 0.05) is 30.2 Å². The highest BCUT2D eigenvalue weighted by atomic mass is 16.6. The van der Waals surface area contributed by atoms with Gasteiger partial charge in [0.2, 0.25) is 0 Å². The lowest BCUT2D eigenvalue weighted by atomic mass is 10.1. The number of aliphatic carboxylic acids is 1. The minimum atomic E-state index is -1.14. The molecule has 0 bridgehead atoms. The largest absolute Gasteiger partial charge is 0.492 e. The van der Waals surface area contributed by atoms with Crippen molar-refractivity contribution in [2.24, 2.45) is 0 Å². The van der Waals surface area contributed by atoms with Crippen LogP contribution in [-0.2, 0) is 4.79 Å². The monoisotopic (exact) mass is 275 g/mol. The van der Waals surface area contributed by atoms with Crippen LogP contribution in [0.4, 0.5) is 5.69 Å². The summed E-state index contributed by atoms with van der Waals surface area (Å²) in [5.74, 6) is 4.79. The number of nitrogens with zero attached hydrogens (tertiary/aromatic N) is 1. The molecule has 6 heteroatoms. The maximum atomic E-state index is 10.7. The van der Waals surface area contributed by atoms with Gasteiger partial charge in [-0.2, -0.15) is 0 Å². The van der Waals surface area contributed by atoms with Crippen LogP contribution in [0, 0.1) is 22.0 Å². The molecule has 0 saturated carbocycles. The number of carboxylic acid groups (broad SMARTS) is 1. The summed E-state index contributed by atoms with van der Waals surface area (Å²) in [6.45, 7) is 2.04. The molecule has 0 heterocycles. The first-order valence-corrected chi connectivity index (χ1v) is 5.76. The molecule has 1 aromatic carbocycles. The number of ether oxygens (including phenoxy) is 1. The predicted molar refractivity (Wildman–Crippen MR) is 73.3 cm³/mol. The summed E-state index contributed by atoms with van der Waals surface area (Å²) in [5, 5.41) is 19.3. The zero-order chi connectivity index (χ0) is 15.0. The zero-order valence-corrected chi connectivity index (χ0v) is 10.8. The Morgan fingerprint density at radius 2 is 2.30 bits per heavy atom. The molecule has 20 heavy (non-hydrogen) atoms. The maximum Gasteiger partial charge on any atom is 0.328 e. The predicted octanol–water partition coefficient (Wildman–Crippen LogP) is 2.48. The summed E-state index contributed by atoms with van der Waals surface area (Å²) < 4.78 is 5.44. The minimum Gasteiger partial charge on any atom is -0.492 e. The number of benzene rings is 1. The van der Waals surface area contributed by atoms with Crippen molar-refractivity contribution in [2.45, 2.75) is 13.3 Å². The first-order chi connectivity index (χ1) is 9.54. The van der Waals surface area contributed by atoms with Crippen molar-refractivity contribution >= 4 is 17.7 Å². The van der Waals surface area contributed by atoms with Crippen LogP contribution in [0.2, 0.25) is 0 Å². The van der Waals surface area contributed by atoms with E-state index in [0.717, 1.165) is 6.08 Å². The van der Waals surface area contributed by atoms with Crippen molar-refractivity contribution in [3.05, 3.63) is 40.0 Å². The van der Waals surface area contributed by atoms with E-state index in [9.17, 15) is 14.9 Å². The van der Waals surface area contributed by atoms with Gasteiger partial charge in [-0.1, -0.05) is 0 Å². The summed E-state index contributed by atoms with van der Waals surface area (Å²) in [6.07, 6.45) is 2.68. The Labute approximate surface area is 115 Å². The van der Waals surface area contributed by atoms with E-state index in [0.29, 0.717) is 24.3 Å². The highest BCUT2D eigenvalue weighted by molar-refractivity contribution is 5.86. The van der Waals surface area contributed by atoms with Crippen molar-refractivity contribution in [2.75, 3.05) is 6.61 Å². The van der Waals surface area contributed by atoms with Crippen molar-refractivity contribution in [1.82, 2.24) is 0 Å². The van der Waals surface area contributed by atoms with Gasteiger partial charge < -0.3 is 9.84 Å². The van der Waals surface area contributed by atoms with Gasteiger partial charge in [-0.15, -0.1) is 11.8 Å². The smallest absolute Gasteiger partial charge is 0.328 e. The first kappa shape index (κ1) is 15.2. The van der Waals surface area contributed by atoms with Gasteiger partial charge in [-0.3, -0.25) is 10.1 Å².